The fourth-order valence-electron chi connectivity index (χ4n) is 1.46. The normalized spacial score (nSPS) is 11.7. The molecule has 1 rings (SSSR count). The van der Waals surface area contributed by atoms with E-state index in [-0.39, 0.29) is 12.5 Å². The molecule has 0 radical (unpaired) electrons. The van der Waals surface area contributed by atoms with Gasteiger partial charge in [-0.2, -0.15) is 11.8 Å². The SMILES string of the molecule is CCOC(=O)CNC(=O)[C@@H](N)CSCc1ccccc1. The fourth-order valence-corrected chi connectivity index (χ4v) is 2.41. The van der Waals surface area contributed by atoms with Gasteiger partial charge in [-0.15, -0.1) is 0 Å². The number of nitrogens with two attached hydrogens (primary N) is 1. The lowest BCUT2D eigenvalue weighted by molar-refractivity contribution is -0.143. The van der Waals surface area contributed by atoms with E-state index < -0.39 is 12.0 Å². The number of nitrogens with one attached hydrogen (secondary N) is 1. The molecule has 1 atom stereocenters. The summed E-state index contributed by atoms with van der Waals surface area (Å²) < 4.78 is 4.71. The van der Waals surface area contributed by atoms with Gasteiger partial charge < -0.3 is 15.8 Å². The molecule has 1 aromatic rings. The third-order valence-corrected chi connectivity index (χ3v) is 3.59. The van der Waals surface area contributed by atoms with Gasteiger partial charge in [0.15, 0.2) is 0 Å². The van der Waals surface area contributed by atoms with Crippen molar-refractivity contribution in [1.82, 2.24) is 5.32 Å². The molecule has 1 amide bonds. The van der Waals surface area contributed by atoms with Gasteiger partial charge in [0.05, 0.1) is 12.6 Å². The number of esters is 1. The van der Waals surface area contributed by atoms with E-state index in [2.05, 4.69) is 5.32 Å². The summed E-state index contributed by atoms with van der Waals surface area (Å²) in [6.07, 6.45) is 0. The van der Waals surface area contributed by atoms with Crippen LogP contribution in [0.4, 0.5) is 0 Å². The zero-order valence-corrected chi connectivity index (χ0v) is 12.3. The molecule has 0 unspecified atom stereocenters. The first kappa shape index (κ1) is 16.5. The first-order chi connectivity index (χ1) is 9.63. The van der Waals surface area contributed by atoms with Crippen molar-refractivity contribution in [3.63, 3.8) is 0 Å². The second-order valence-electron chi connectivity index (χ2n) is 4.13. The maximum absolute atomic E-state index is 11.6. The molecule has 20 heavy (non-hydrogen) atoms. The lowest BCUT2D eigenvalue weighted by Crippen LogP contribution is -2.44. The van der Waals surface area contributed by atoms with E-state index in [0.717, 1.165) is 5.75 Å². The van der Waals surface area contributed by atoms with Crippen LogP contribution in [0.5, 0.6) is 0 Å². The van der Waals surface area contributed by atoms with Crippen molar-refractivity contribution in [3.05, 3.63) is 35.9 Å². The lowest BCUT2D eigenvalue weighted by Gasteiger charge is -2.11. The average Bonchev–Trinajstić information content (AvgIpc) is 2.46. The number of benzene rings is 1. The van der Waals surface area contributed by atoms with Crippen molar-refractivity contribution in [2.24, 2.45) is 5.73 Å². The minimum Gasteiger partial charge on any atom is -0.465 e. The molecule has 3 N–H and O–H groups in total. The Hall–Kier alpha value is -1.53. The summed E-state index contributed by atoms with van der Waals surface area (Å²) in [6, 6.07) is 9.34. The maximum atomic E-state index is 11.6. The van der Waals surface area contributed by atoms with Gasteiger partial charge in [0.25, 0.3) is 0 Å². The molecule has 5 nitrogen and oxygen atoms in total. The summed E-state index contributed by atoms with van der Waals surface area (Å²) in [7, 11) is 0. The number of carbonyl (C=O) groups excluding carboxylic acids is 2. The topological polar surface area (TPSA) is 81.4 Å². The van der Waals surface area contributed by atoms with Crippen molar-refractivity contribution in [3.8, 4) is 0 Å². The highest BCUT2D eigenvalue weighted by molar-refractivity contribution is 7.98. The summed E-state index contributed by atoms with van der Waals surface area (Å²) in [5.74, 6) is 0.520. The highest BCUT2D eigenvalue weighted by Crippen LogP contribution is 2.12. The molecular formula is C14H20N2O3S. The third kappa shape index (κ3) is 6.58. The smallest absolute Gasteiger partial charge is 0.325 e. The van der Waals surface area contributed by atoms with Crippen molar-refractivity contribution in [2.75, 3.05) is 18.9 Å². The predicted molar refractivity (Wildman–Crippen MR) is 80.2 cm³/mol. The second kappa shape index (κ2) is 9.39. The van der Waals surface area contributed by atoms with Crippen LogP contribution < -0.4 is 11.1 Å². The summed E-state index contributed by atoms with van der Waals surface area (Å²) >= 11 is 1.59. The number of hydrogen-bond donors (Lipinski definition) is 2. The Morgan fingerprint density at radius 3 is 2.70 bits per heavy atom. The van der Waals surface area contributed by atoms with Gasteiger partial charge in [0, 0.05) is 11.5 Å². The van der Waals surface area contributed by atoms with Crippen LogP contribution in [0.15, 0.2) is 30.3 Å². The molecule has 0 aromatic heterocycles. The second-order valence-corrected chi connectivity index (χ2v) is 5.16. The van der Waals surface area contributed by atoms with Gasteiger partial charge in [-0.1, -0.05) is 30.3 Å². The molecule has 0 spiro atoms. The van der Waals surface area contributed by atoms with Crippen LogP contribution in [0.2, 0.25) is 0 Å². The minimum atomic E-state index is -0.627. The van der Waals surface area contributed by atoms with Crippen LogP contribution in [0, 0.1) is 0 Å². The summed E-state index contributed by atoms with van der Waals surface area (Å²) in [5, 5.41) is 2.46. The van der Waals surface area contributed by atoms with Crippen LogP contribution in [0.1, 0.15) is 12.5 Å². The largest absolute Gasteiger partial charge is 0.465 e. The van der Waals surface area contributed by atoms with Gasteiger partial charge in [-0.3, -0.25) is 9.59 Å². The molecule has 0 heterocycles. The highest BCUT2D eigenvalue weighted by atomic mass is 32.2. The van der Waals surface area contributed by atoms with E-state index in [0.29, 0.717) is 12.4 Å². The number of amides is 1. The van der Waals surface area contributed by atoms with E-state index >= 15 is 0 Å². The Morgan fingerprint density at radius 2 is 2.05 bits per heavy atom. The van der Waals surface area contributed by atoms with Gasteiger partial charge in [-0.25, -0.2) is 0 Å². The van der Waals surface area contributed by atoms with Gasteiger partial charge >= 0.3 is 5.97 Å². The summed E-state index contributed by atoms with van der Waals surface area (Å²) in [4.78, 5) is 22.7. The average molecular weight is 296 g/mol. The quantitative estimate of drug-likeness (QED) is 0.697. The Balaban J connectivity index is 2.20. The first-order valence-electron chi connectivity index (χ1n) is 6.44. The molecule has 0 bridgehead atoms. The van der Waals surface area contributed by atoms with E-state index in [9.17, 15) is 9.59 Å². The Labute approximate surface area is 123 Å². The van der Waals surface area contributed by atoms with Crippen LogP contribution in [0.25, 0.3) is 0 Å². The van der Waals surface area contributed by atoms with Crippen LogP contribution >= 0.6 is 11.8 Å². The molecule has 1 aromatic carbocycles. The molecule has 0 aliphatic heterocycles. The van der Waals surface area contributed by atoms with Crippen LogP contribution in [0.3, 0.4) is 0 Å². The van der Waals surface area contributed by atoms with Crippen molar-refractivity contribution in [1.29, 1.82) is 0 Å². The fraction of sp³-hybridized carbons (Fsp3) is 0.429. The number of carbonyl (C=O) groups is 2. The van der Waals surface area contributed by atoms with Crippen molar-refractivity contribution < 1.29 is 14.3 Å². The molecule has 0 fully saturated rings. The highest BCUT2D eigenvalue weighted by Gasteiger charge is 2.14. The van der Waals surface area contributed by atoms with Crippen LogP contribution in [-0.2, 0) is 20.1 Å². The van der Waals surface area contributed by atoms with E-state index in [1.165, 1.54) is 5.56 Å². The molecular weight excluding hydrogens is 276 g/mol. The third-order valence-electron chi connectivity index (χ3n) is 2.46. The first-order valence-corrected chi connectivity index (χ1v) is 7.59. The van der Waals surface area contributed by atoms with Gasteiger partial charge in [0.1, 0.15) is 6.54 Å². The minimum absolute atomic E-state index is 0.135. The standard InChI is InChI=1S/C14H20N2O3S/c1-2-19-13(17)8-16-14(18)12(15)10-20-9-11-6-4-3-5-7-11/h3-7,12H,2,8-10,15H2,1H3,(H,16,18)/t12-/m0/s1. The molecule has 0 aliphatic rings. The van der Waals surface area contributed by atoms with E-state index in [4.69, 9.17) is 10.5 Å². The molecule has 0 saturated carbocycles. The van der Waals surface area contributed by atoms with Gasteiger partial charge in [-0.05, 0) is 12.5 Å². The molecule has 0 saturated heterocycles. The summed E-state index contributed by atoms with van der Waals surface area (Å²) in [6.45, 7) is 1.88. The Morgan fingerprint density at radius 1 is 1.35 bits per heavy atom. The summed E-state index contributed by atoms with van der Waals surface area (Å²) in [5.41, 5.74) is 6.95. The Kier molecular flexibility index (Phi) is 7.75. The zero-order chi connectivity index (χ0) is 14.8. The lowest BCUT2D eigenvalue weighted by atomic mass is 10.2. The molecule has 110 valence electrons. The molecule has 6 heteroatoms. The van der Waals surface area contributed by atoms with E-state index in [1.54, 1.807) is 18.7 Å². The number of rotatable bonds is 8. The van der Waals surface area contributed by atoms with Crippen molar-refractivity contribution >= 4 is 23.6 Å². The maximum Gasteiger partial charge on any atom is 0.325 e. The zero-order valence-electron chi connectivity index (χ0n) is 11.5. The van der Waals surface area contributed by atoms with Crippen molar-refractivity contribution in [2.45, 2.75) is 18.7 Å². The monoisotopic (exact) mass is 296 g/mol. The van der Waals surface area contributed by atoms with Gasteiger partial charge in [0.2, 0.25) is 5.91 Å². The molecule has 0 aliphatic carbocycles. The number of hydrogen-bond acceptors (Lipinski definition) is 5. The number of ether oxygens (including phenoxy) is 1. The predicted octanol–water partition coefficient (Wildman–Crippen LogP) is 0.926. The number of thioether (sulfide) groups is 1. The Bertz CT molecular complexity index is 426. The van der Waals surface area contributed by atoms with E-state index in [1.807, 2.05) is 30.3 Å². The van der Waals surface area contributed by atoms with Crippen LogP contribution in [-0.4, -0.2) is 36.8 Å².